The van der Waals surface area contributed by atoms with Gasteiger partial charge in [0.05, 0.1) is 0 Å². The van der Waals surface area contributed by atoms with Crippen molar-refractivity contribution < 1.29 is 17.7 Å². The highest BCUT2D eigenvalue weighted by molar-refractivity contribution is 5.58. The number of aryl methyl sites for hydroxylation is 1. The summed E-state index contributed by atoms with van der Waals surface area (Å²) in [5, 5.41) is 3.53. The van der Waals surface area contributed by atoms with E-state index in [-0.39, 0.29) is 5.82 Å². The Morgan fingerprint density at radius 2 is 2.00 bits per heavy atom. The first kappa shape index (κ1) is 13.5. The topological polar surface area (TPSA) is 77.8 Å². The van der Waals surface area contributed by atoms with Crippen molar-refractivity contribution in [1.29, 1.82) is 0 Å². The van der Waals surface area contributed by atoms with Gasteiger partial charge in [-0.3, -0.25) is 4.98 Å². The first-order chi connectivity index (χ1) is 8.73. The third-order valence-electron chi connectivity index (χ3n) is 2.72. The van der Waals surface area contributed by atoms with Crippen LogP contribution < -0.4 is 5.73 Å². The molecule has 0 radical (unpaired) electrons. The smallest absolute Gasteiger partial charge is 0.337 e. The van der Waals surface area contributed by atoms with Crippen LogP contribution in [0.5, 0.6) is 0 Å². The maximum absolute atomic E-state index is 12.7. The predicted molar refractivity (Wildman–Crippen MR) is 59.9 cm³/mol. The molecule has 2 rings (SSSR count). The third-order valence-corrected chi connectivity index (χ3v) is 2.72. The number of hydrogen-bond donors (Lipinski definition) is 1. The molecule has 19 heavy (non-hydrogen) atoms. The summed E-state index contributed by atoms with van der Waals surface area (Å²) in [5.41, 5.74) is 3.80. The Morgan fingerprint density at radius 1 is 1.32 bits per heavy atom. The number of alkyl halides is 3. The third kappa shape index (κ3) is 2.30. The van der Waals surface area contributed by atoms with E-state index in [2.05, 4.69) is 19.6 Å². The molecule has 2 heterocycles. The maximum atomic E-state index is 12.7. The molecule has 0 aliphatic carbocycles. The normalized spacial score (nSPS) is 15.3. The van der Waals surface area contributed by atoms with Gasteiger partial charge < -0.3 is 10.3 Å². The van der Waals surface area contributed by atoms with Crippen LogP contribution in [0.1, 0.15) is 18.4 Å². The van der Waals surface area contributed by atoms with E-state index in [1.807, 2.05) is 0 Å². The molecule has 0 aromatic carbocycles. The number of halogens is 3. The van der Waals surface area contributed by atoms with E-state index in [4.69, 9.17) is 5.73 Å². The van der Waals surface area contributed by atoms with Crippen molar-refractivity contribution in [2.75, 3.05) is 0 Å². The van der Waals surface area contributed by atoms with Crippen molar-refractivity contribution in [2.45, 2.75) is 25.6 Å². The molecule has 1 unspecified atom stereocenters. The first-order valence-corrected chi connectivity index (χ1v) is 5.34. The maximum Gasteiger partial charge on any atom is 0.415 e. The summed E-state index contributed by atoms with van der Waals surface area (Å²) >= 11 is 0. The monoisotopic (exact) mass is 272 g/mol. The molecule has 0 saturated carbocycles. The van der Waals surface area contributed by atoms with Gasteiger partial charge in [0.15, 0.2) is 5.54 Å². The lowest BCUT2D eigenvalue weighted by Gasteiger charge is -2.22. The predicted octanol–water partition coefficient (Wildman–Crippen LogP) is 2.18. The molecule has 0 amide bonds. The molecule has 0 aliphatic heterocycles. The lowest BCUT2D eigenvalue weighted by atomic mass is 10.0. The van der Waals surface area contributed by atoms with E-state index in [0.717, 1.165) is 12.5 Å². The van der Waals surface area contributed by atoms with Gasteiger partial charge in [-0.15, -0.1) is 0 Å². The van der Waals surface area contributed by atoms with Crippen LogP contribution in [-0.2, 0) is 5.54 Å². The average molecular weight is 272 g/mol. The van der Waals surface area contributed by atoms with Crippen LogP contribution in [0.4, 0.5) is 13.2 Å². The summed E-state index contributed by atoms with van der Waals surface area (Å²) in [4.78, 5) is 7.60. The van der Waals surface area contributed by atoms with Gasteiger partial charge in [0.2, 0.25) is 5.82 Å². The average Bonchev–Trinajstić information content (AvgIpc) is 2.77. The second kappa shape index (κ2) is 4.30. The van der Waals surface area contributed by atoms with Gasteiger partial charge in [-0.2, -0.15) is 18.2 Å². The summed E-state index contributed by atoms with van der Waals surface area (Å²) < 4.78 is 42.9. The van der Waals surface area contributed by atoms with E-state index in [1.165, 1.54) is 6.20 Å². The van der Waals surface area contributed by atoms with Gasteiger partial charge in [0.1, 0.15) is 0 Å². The number of nitrogens with zero attached hydrogens (tertiary/aromatic N) is 3. The summed E-state index contributed by atoms with van der Waals surface area (Å²) in [5.74, 6) is -0.623. The molecule has 0 spiro atoms. The van der Waals surface area contributed by atoms with E-state index in [1.54, 1.807) is 19.2 Å². The molecule has 102 valence electrons. The van der Waals surface area contributed by atoms with E-state index >= 15 is 0 Å². The molecule has 0 fully saturated rings. The Labute approximate surface area is 106 Å². The second-order valence-corrected chi connectivity index (χ2v) is 4.31. The minimum absolute atomic E-state index is 0.0517. The van der Waals surface area contributed by atoms with Crippen LogP contribution in [0.2, 0.25) is 0 Å². The summed E-state index contributed by atoms with van der Waals surface area (Å²) in [6, 6.07) is 1.59. The standard InChI is InChI=1S/C11H11F3N4O/c1-6-5-16-4-3-7(6)8-17-9(19-18-8)10(2,15)11(12,13)14/h3-5H,15H2,1-2H3. The summed E-state index contributed by atoms with van der Waals surface area (Å²) in [6.45, 7) is 2.52. The SMILES string of the molecule is Cc1cnccc1-c1noc(C(C)(N)C(F)(F)F)n1. The van der Waals surface area contributed by atoms with Crippen LogP contribution in [0.15, 0.2) is 23.0 Å². The van der Waals surface area contributed by atoms with Crippen LogP contribution in [0.25, 0.3) is 11.4 Å². The van der Waals surface area contributed by atoms with Gasteiger partial charge >= 0.3 is 6.18 Å². The number of pyridine rings is 1. The van der Waals surface area contributed by atoms with Crippen LogP contribution in [-0.4, -0.2) is 21.3 Å². The summed E-state index contributed by atoms with van der Waals surface area (Å²) in [6.07, 6.45) is -1.63. The molecule has 1 atom stereocenters. The Hall–Kier alpha value is -1.96. The van der Waals surface area contributed by atoms with Crippen molar-refractivity contribution in [3.63, 3.8) is 0 Å². The minimum atomic E-state index is -4.68. The first-order valence-electron chi connectivity index (χ1n) is 5.34. The summed E-state index contributed by atoms with van der Waals surface area (Å²) in [7, 11) is 0. The number of aromatic nitrogens is 3. The van der Waals surface area contributed by atoms with Crippen molar-refractivity contribution in [1.82, 2.24) is 15.1 Å². The lowest BCUT2D eigenvalue weighted by Crippen LogP contribution is -2.47. The van der Waals surface area contributed by atoms with E-state index in [0.29, 0.717) is 5.56 Å². The molecule has 0 saturated heterocycles. The Morgan fingerprint density at radius 3 is 2.58 bits per heavy atom. The highest BCUT2D eigenvalue weighted by Gasteiger charge is 2.53. The zero-order valence-electron chi connectivity index (χ0n) is 10.2. The molecular formula is C11H11F3N4O. The molecule has 8 heteroatoms. The molecule has 5 nitrogen and oxygen atoms in total. The van der Waals surface area contributed by atoms with E-state index < -0.39 is 17.6 Å². The zero-order valence-corrected chi connectivity index (χ0v) is 10.2. The molecule has 2 aromatic rings. The highest BCUT2D eigenvalue weighted by Crippen LogP contribution is 2.36. The molecular weight excluding hydrogens is 261 g/mol. The fraction of sp³-hybridized carbons (Fsp3) is 0.364. The number of rotatable bonds is 2. The molecule has 0 bridgehead atoms. The largest absolute Gasteiger partial charge is 0.415 e. The zero-order chi connectivity index (χ0) is 14.3. The minimum Gasteiger partial charge on any atom is -0.337 e. The second-order valence-electron chi connectivity index (χ2n) is 4.31. The van der Waals surface area contributed by atoms with Crippen molar-refractivity contribution in [2.24, 2.45) is 5.73 Å². The van der Waals surface area contributed by atoms with Crippen molar-refractivity contribution in [3.8, 4) is 11.4 Å². The van der Waals surface area contributed by atoms with Crippen LogP contribution in [0, 0.1) is 6.92 Å². The van der Waals surface area contributed by atoms with Gasteiger partial charge in [0.25, 0.3) is 5.89 Å². The fourth-order valence-electron chi connectivity index (χ4n) is 1.39. The van der Waals surface area contributed by atoms with Crippen molar-refractivity contribution >= 4 is 0 Å². The van der Waals surface area contributed by atoms with Crippen LogP contribution in [0.3, 0.4) is 0 Å². The molecule has 2 N–H and O–H groups in total. The molecule has 0 aliphatic rings. The number of nitrogens with two attached hydrogens (primary N) is 1. The lowest BCUT2D eigenvalue weighted by molar-refractivity contribution is -0.190. The Kier molecular flexibility index (Phi) is 3.05. The van der Waals surface area contributed by atoms with Crippen LogP contribution >= 0.6 is 0 Å². The fourth-order valence-corrected chi connectivity index (χ4v) is 1.39. The molecule has 2 aromatic heterocycles. The highest BCUT2D eigenvalue weighted by atomic mass is 19.4. The van der Waals surface area contributed by atoms with E-state index in [9.17, 15) is 13.2 Å². The van der Waals surface area contributed by atoms with Gasteiger partial charge in [-0.05, 0) is 25.5 Å². The Bertz CT molecular complexity index is 592. The van der Waals surface area contributed by atoms with Gasteiger partial charge in [-0.1, -0.05) is 5.16 Å². The van der Waals surface area contributed by atoms with Gasteiger partial charge in [-0.25, -0.2) is 0 Å². The quantitative estimate of drug-likeness (QED) is 0.906. The number of hydrogen-bond acceptors (Lipinski definition) is 5. The van der Waals surface area contributed by atoms with Gasteiger partial charge in [0, 0.05) is 18.0 Å². The van der Waals surface area contributed by atoms with Crippen molar-refractivity contribution in [3.05, 3.63) is 29.9 Å². The Balaban J connectivity index is 2.43.